The SMILES string of the molecule is COc1ccc(CCNc2ccc(C(=O)Nc3ccc(C)c(C)c3)nc2)cc1. The highest BCUT2D eigenvalue weighted by molar-refractivity contribution is 6.03. The Hall–Kier alpha value is -3.34. The Morgan fingerprint density at radius 1 is 0.964 bits per heavy atom. The largest absolute Gasteiger partial charge is 0.497 e. The molecule has 28 heavy (non-hydrogen) atoms. The fourth-order valence-electron chi connectivity index (χ4n) is 2.79. The Morgan fingerprint density at radius 3 is 2.36 bits per heavy atom. The van der Waals surface area contributed by atoms with Crippen molar-refractivity contribution in [2.75, 3.05) is 24.3 Å². The predicted molar refractivity (Wildman–Crippen MR) is 113 cm³/mol. The lowest BCUT2D eigenvalue weighted by molar-refractivity contribution is 0.102. The van der Waals surface area contributed by atoms with Crippen LogP contribution < -0.4 is 15.4 Å². The van der Waals surface area contributed by atoms with E-state index < -0.39 is 0 Å². The van der Waals surface area contributed by atoms with E-state index in [1.54, 1.807) is 19.4 Å². The summed E-state index contributed by atoms with van der Waals surface area (Å²) in [6, 6.07) is 17.5. The maximum atomic E-state index is 12.4. The highest BCUT2D eigenvalue weighted by atomic mass is 16.5. The zero-order chi connectivity index (χ0) is 19.9. The van der Waals surface area contributed by atoms with Crippen LogP contribution in [0.1, 0.15) is 27.2 Å². The number of carbonyl (C=O) groups is 1. The number of aromatic nitrogens is 1. The van der Waals surface area contributed by atoms with E-state index in [9.17, 15) is 4.79 Å². The fourth-order valence-corrected chi connectivity index (χ4v) is 2.79. The molecule has 2 aromatic carbocycles. The highest BCUT2D eigenvalue weighted by Gasteiger charge is 2.08. The van der Waals surface area contributed by atoms with Crippen molar-refractivity contribution in [3.63, 3.8) is 0 Å². The number of hydrogen-bond acceptors (Lipinski definition) is 4. The van der Waals surface area contributed by atoms with Crippen LogP contribution in [-0.2, 0) is 6.42 Å². The Balaban J connectivity index is 1.52. The van der Waals surface area contributed by atoms with Gasteiger partial charge in [0.15, 0.2) is 0 Å². The van der Waals surface area contributed by atoms with E-state index in [1.807, 2.05) is 50.2 Å². The third kappa shape index (κ3) is 5.10. The van der Waals surface area contributed by atoms with Crippen molar-refractivity contribution in [1.82, 2.24) is 4.98 Å². The van der Waals surface area contributed by atoms with Gasteiger partial charge in [-0.15, -0.1) is 0 Å². The summed E-state index contributed by atoms with van der Waals surface area (Å²) in [6.45, 7) is 4.85. The number of pyridine rings is 1. The summed E-state index contributed by atoms with van der Waals surface area (Å²) in [4.78, 5) is 16.6. The summed E-state index contributed by atoms with van der Waals surface area (Å²) in [5, 5.41) is 6.21. The maximum absolute atomic E-state index is 12.4. The first-order chi connectivity index (χ1) is 13.5. The van der Waals surface area contributed by atoms with Gasteiger partial charge in [0.1, 0.15) is 11.4 Å². The van der Waals surface area contributed by atoms with Crippen molar-refractivity contribution in [2.45, 2.75) is 20.3 Å². The molecule has 1 aromatic heterocycles. The van der Waals surface area contributed by atoms with Gasteiger partial charge in [0.05, 0.1) is 19.0 Å². The number of benzene rings is 2. The molecule has 0 aliphatic rings. The molecule has 1 amide bonds. The summed E-state index contributed by atoms with van der Waals surface area (Å²) in [5.74, 6) is 0.642. The summed E-state index contributed by atoms with van der Waals surface area (Å²) in [5.41, 5.74) is 5.61. The molecule has 0 bridgehead atoms. The summed E-state index contributed by atoms with van der Waals surface area (Å²) >= 11 is 0. The number of nitrogens with zero attached hydrogens (tertiary/aromatic N) is 1. The maximum Gasteiger partial charge on any atom is 0.274 e. The van der Waals surface area contributed by atoms with Crippen molar-refractivity contribution in [2.24, 2.45) is 0 Å². The van der Waals surface area contributed by atoms with Gasteiger partial charge in [0, 0.05) is 12.2 Å². The third-order valence-corrected chi connectivity index (χ3v) is 4.66. The smallest absolute Gasteiger partial charge is 0.274 e. The van der Waals surface area contributed by atoms with Crippen LogP contribution in [0.25, 0.3) is 0 Å². The number of rotatable bonds is 7. The molecule has 1 heterocycles. The Labute approximate surface area is 165 Å². The monoisotopic (exact) mass is 375 g/mol. The third-order valence-electron chi connectivity index (χ3n) is 4.66. The molecule has 0 aliphatic carbocycles. The highest BCUT2D eigenvalue weighted by Crippen LogP contribution is 2.16. The molecule has 0 saturated carbocycles. The van der Waals surface area contributed by atoms with E-state index in [-0.39, 0.29) is 5.91 Å². The molecule has 144 valence electrons. The Kier molecular flexibility index (Phi) is 6.27. The fraction of sp³-hybridized carbons (Fsp3) is 0.217. The number of anilines is 2. The minimum absolute atomic E-state index is 0.215. The van der Waals surface area contributed by atoms with Gasteiger partial charge in [-0.3, -0.25) is 4.79 Å². The lowest BCUT2D eigenvalue weighted by Crippen LogP contribution is -2.14. The van der Waals surface area contributed by atoms with E-state index in [0.717, 1.165) is 35.7 Å². The average molecular weight is 375 g/mol. The normalized spacial score (nSPS) is 10.4. The molecule has 0 fully saturated rings. The van der Waals surface area contributed by atoms with Gasteiger partial charge in [-0.25, -0.2) is 4.98 Å². The molecule has 0 atom stereocenters. The molecule has 0 aliphatic heterocycles. The van der Waals surface area contributed by atoms with Gasteiger partial charge >= 0.3 is 0 Å². The number of ether oxygens (including phenoxy) is 1. The number of aryl methyl sites for hydroxylation is 2. The lowest BCUT2D eigenvalue weighted by Gasteiger charge is -2.09. The van der Waals surface area contributed by atoms with Gasteiger partial charge in [0.2, 0.25) is 0 Å². The molecule has 0 saturated heterocycles. The molecule has 0 unspecified atom stereocenters. The molecule has 0 spiro atoms. The Morgan fingerprint density at radius 2 is 1.71 bits per heavy atom. The van der Waals surface area contributed by atoms with E-state index in [0.29, 0.717) is 5.69 Å². The lowest BCUT2D eigenvalue weighted by atomic mass is 10.1. The van der Waals surface area contributed by atoms with Crippen LogP contribution in [0, 0.1) is 13.8 Å². The van der Waals surface area contributed by atoms with E-state index in [4.69, 9.17) is 4.74 Å². The van der Waals surface area contributed by atoms with Gasteiger partial charge in [-0.2, -0.15) is 0 Å². The number of methoxy groups -OCH3 is 1. The van der Waals surface area contributed by atoms with Crippen LogP contribution in [0.4, 0.5) is 11.4 Å². The van der Waals surface area contributed by atoms with Gasteiger partial charge in [-0.1, -0.05) is 18.2 Å². The predicted octanol–water partition coefficient (Wildman–Crippen LogP) is 4.61. The molecule has 5 nitrogen and oxygen atoms in total. The van der Waals surface area contributed by atoms with Crippen molar-refractivity contribution in [1.29, 1.82) is 0 Å². The molecular formula is C23H25N3O2. The van der Waals surface area contributed by atoms with E-state index >= 15 is 0 Å². The summed E-state index contributed by atoms with van der Waals surface area (Å²) in [6.07, 6.45) is 2.57. The minimum atomic E-state index is -0.215. The van der Waals surface area contributed by atoms with Crippen molar-refractivity contribution in [3.05, 3.63) is 83.2 Å². The summed E-state index contributed by atoms with van der Waals surface area (Å²) in [7, 11) is 1.66. The second-order valence-corrected chi connectivity index (χ2v) is 6.71. The molecule has 3 aromatic rings. The number of amides is 1. The van der Waals surface area contributed by atoms with Crippen molar-refractivity contribution >= 4 is 17.3 Å². The topological polar surface area (TPSA) is 63.2 Å². The van der Waals surface area contributed by atoms with Crippen LogP contribution in [0.5, 0.6) is 5.75 Å². The van der Waals surface area contributed by atoms with Crippen molar-refractivity contribution in [3.8, 4) is 5.75 Å². The number of hydrogen-bond donors (Lipinski definition) is 2. The first-order valence-electron chi connectivity index (χ1n) is 9.26. The quantitative estimate of drug-likeness (QED) is 0.633. The van der Waals surface area contributed by atoms with E-state index in [1.165, 1.54) is 11.1 Å². The Bertz CT molecular complexity index is 935. The number of carbonyl (C=O) groups excluding carboxylic acids is 1. The van der Waals surface area contributed by atoms with E-state index in [2.05, 4.69) is 27.8 Å². The molecule has 5 heteroatoms. The average Bonchev–Trinajstić information content (AvgIpc) is 2.72. The molecular weight excluding hydrogens is 350 g/mol. The second kappa shape index (κ2) is 9.04. The molecule has 3 rings (SSSR count). The first-order valence-corrected chi connectivity index (χ1v) is 9.26. The number of nitrogens with one attached hydrogen (secondary N) is 2. The van der Waals surface area contributed by atoms with Gasteiger partial charge in [0.25, 0.3) is 5.91 Å². The van der Waals surface area contributed by atoms with Crippen LogP contribution in [0.3, 0.4) is 0 Å². The van der Waals surface area contributed by atoms with Crippen molar-refractivity contribution < 1.29 is 9.53 Å². The molecule has 2 N–H and O–H groups in total. The second-order valence-electron chi connectivity index (χ2n) is 6.71. The van der Waals surface area contributed by atoms with Crippen LogP contribution in [0.15, 0.2) is 60.8 Å². The first kappa shape index (κ1) is 19.4. The zero-order valence-electron chi connectivity index (χ0n) is 16.5. The van der Waals surface area contributed by atoms with Crippen LogP contribution >= 0.6 is 0 Å². The standard InChI is InChI=1S/C23H25N3O2/c1-16-4-7-19(14-17(16)2)26-23(27)22-11-8-20(15-25-22)24-13-12-18-5-9-21(28-3)10-6-18/h4-11,14-15,24H,12-13H2,1-3H3,(H,26,27). The van der Waals surface area contributed by atoms with Crippen LogP contribution in [0.2, 0.25) is 0 Å². The van der Waals surface area contributed by atoms with Gasteiger partial charge < -0.3 is 15.4 Å². The molecule has 0 radical (unpaired) electrons. The van der Waals surface area contributed by atoms with Gasteiger partial charge in [-0.05, 0) is 73.4 Å². The summed E-state index contributed by atoms with van der Waals surface area (Å²) < 4.78 is 5.17. The minimum Gasteiger partial charge on any atom is -0.497 e. The zero-order valence-corrected chi connectivity index (χ0v) is 16.5. The van der Waals surface area contributed by atoms with Crippen LogP contribution in [-0.4, -0.2) is 24.5 Å².